The van der Waals surface area contributed by atoms with Crippen LogP contribution in [0.1, 0.15) is 39.5 Å². The van der Waals surface area contributed by atoms with Crippen LogP contribution >= 0.6 is 0 Å². The van der Waals surface area contributed by atoms with E-state index in [4.69, 9.17) is 5.11 Å². The Morgan fingerprint density at radius 2 is 2.17 bits per heavy atom. The van der Waals surface area contributed by atoms with Crippen LogP contribution in [0.5, 0.6) is 0 Å². The molecule has 0 radical (unpaired) electrons. The average Bonchev–Trinajstić information content (AvgIpc) is 2.03. The zero-order valence-electron chi connectivity index (χ0n) is 7.92. The molecule has 2 nitrogen and oxygen atoms in total. The van der Waals surface area contributed by atoms with Gasteiger partial charge in [0.2, 0.25) is 0 Å². The van der Waals surface area contributed by atoms with Crippen LogP contribution in [-0.4, -0.2) is 11.1 Å². The maximum absolute atomic E-state index is 10.6. The highest BCUT2D eigenvalue weighted by Gasteiger charge is 2.11. The second kappa shape index (κ2) is 6.89. The van der Waals surface area contributed by atoms with Gasteiger partial charge in [-0.2, -0.15) is 0 Å². The Bertz CT molecular complexity index is 150. The molecule has 0 aromatic rings. The van der Waals surface area contributed by atoms with Crippen LogP contribution in [0.3, 0.4) is 0 Å². The molecule has 70 valence electrons. The van der Waals surface area contributed by atoms with Gasteiger partial charge in [-0.1, -0.05) is 38.3 Å². The summed E-state index contributed by atoms with van der Waals surface area (Å²) in [5, 5.41) is 8.75. The van der Waals surface area contributed by atoms with E-state index >= 15 is 0 Å². The van der Waals surface area contributed by atoms with Gasteiger partial charge in [0.05, 0.1) is 5.92 Å². The van der Waals surface area contributed by atoms with Gasteiger partial charge in [-0.05, 0) is 13.3 Å². The number of carboxylic acid groups (broad SMARTS) is 1. The predicted octanol–water partition coefficient (Wildman–Crippen LogP) is 2.84. The Kier molecular flexibility index (Phi) is 6.44. The van der Waals surface area contributed by atoms with Crippen molar-refractivity contribution in [2.75, 3.05) is 0 Å². The van der Waals surface area contributed by atoms with Gasteiger partial charge in [0, 0.05) is 0 Å². The van der Waals surface area contributed by atoms with E-state index in [1.54, 1.807) is 6.08 Å². The predicted molar refractivity (Wildman–Crippen MR) is 50.1 cm³/mol. The van der Waals surface area contributed by atoms with Crippen molar-refractivity contribution in [2.45, 2.75) is 39.5 Å². The highest BCUT2D eigenvalue weighted by molar-refractivity contribution is 5.71. The molecule has 0 aromatic heterocycles. The molecule has 12 heavy (non-hydrogen) atoms. The van der Waals surface area contributed by atoms with Gasteiger partial charge in [-0.3, -0.25) is 4.79 Å². The van der Waals surface area contributed by atoms with Crippen LogP contribution in [0.2, 0.25) is 0 Å². The first-order chi connectivity index (χ1) is 5.72. The lowest BCUT2D eigenvalue weighted by Crippen LogP contribution is -2.10. The molecule has 0 aliphatic carbocycles. The third-order valence-corrected chi connectivity index (χ3v) is 1.86. The minimum Gasteiger partial charge on any atom is -0.481 e. The number of carbonyl (C=O) groups is 1. The third kappa shape index (κ3) is 4.94. The highest BCUT2D eigenvalue weighted by Crippen LogP contribution is 2.11. The molecule has 0 aliphatic heterocycles. The van der Waals surface area contributed by atoms with Crippen LogP contribution in [0, 0.1) is 5.92 Å². The highest BCUT2D eigenvalue weighted by atomic mass is 16.4. The number of rotatable bonds is 6. The van der Waals surface area contributed by atoms with Gasteiger partial charge >= 0.3 is 5.97 Å². The molecule has 2 heteroatoms. The summed E-state index contributed by atoms with van der Waals surface area (Å²) in [6.45, 7) is 3.97. The molecule has 1 unspecified atom stereocenters. The van der Waals surface area contributed by atoms with E-state index < -0.39 is 5.97 Å². The summed E-state index contributed by atoms with van der Waals surface area (Å²) in [7, 11) is 0. The molecule has 0 bridgehead atoms. The molecule has 1 N–H and O–H groups in total. The Morgan fingerprint density at radius 3 is 2.58 bits per heavy atom. The molecule has 0 aliphatic rings. The van der Waals surface area contributed by atoms with Crippen molar-refractivity contribution in [3.8, 4) is 0 Å². The van der Waals surface area contributed by atoms with Gasteiger partial charge in [-0.15, -0.1) is 0 Å². The molecular formula is C10H18O2. The monoisotopic (exact) mass is 170 g/mol. The first-order valence-corrected chi connectivity index (χ1v) is 4.58. The van der Waals surface area contributed by atoms with Crippen LogP contribution in [-0.2, 0) is 4.79 Å². The zero-order valence-corrected chi connectivity index (χ0v) is 7.92. The van der Waals surface area contributed by atoms with Crippen LogP contribution in [0.4, 0.5) is 0 Å². The maximum atomic E-state index is 10.6. The first-order valence-electron chi connectivity index (χ1n) is 4.58. The molecule has 1 atom stereocenters. The smallest absolute Gasteiger partial charge is 0.310 e. The minimum atomic E-state index is -0.704. The van der Waals surface area contributed by atoms with E-state index in [0.717, 1.165) is 25.7 Å². The van der Waals surface area contributed by atoms with Crippen LogP contribution in [0.25, 0.3) is 0 Å². The lowest BCUT2D eigenvalue weighted by molar-refractivity contribution is -0.140. The van der Waals surface area contributed by atoms with E-state index in [9.17, 15) is 4.79 Å². The minimum absolute atomic E-state index is 0.276. The Hall–Kier alpha value is -0.790. The van der Waals surface area contributed by atoms with Crippen molar-refractivity contribution >= 4 is 5.97 Å². The van der Waals surface area contributed by atoms with Crippen molar-refractivity contribution in [3.63, 3.8) is 0 Å². The standard InChI is InChI=1S/C10H18O2/c1-3-5-6-8-9(7-4-2)10(11)12/h4,7,9H,3,5-6,8H2,1-2H3,(H,11,12). The summed E-state index contributed by atoms with van der Waals surface area (Å²) in [5.74, 6) is -0.981. The fourth-order valence-electron chi connectivity index (χ4n) is 1.15. The molecule has 0 heterocycles. The van der Waals surface area contributed by atoms with Gasteiger partial charge < -0.3 is 5.11 Å². The number of aliphatic carboxylic acids is 1. The SMILES string of the molecule is CC=CC(CCCCC)C(=O)O. The summed E-state index contributed by atoms with van der Waals surface area (Å²) < 4.78 is 0. The van der Waals surface area contributed by atoms with E-state index in [1.807, 2.05) is 13.0 Å². The number of allylic oxidation sites excluding steroid dienone is 1. The number of hydrogen-bond acceptors (Lipinski definition) is 1. The number of carboxylic acids is 1. The normalized spacial score (nSPS) is 13.5. The summed E-state index contributed by atoms with van der Waals surface area (Å²) in [6.07, 6.45) is 7.62. The first kappa shape index (κ1) is 11.2. The van der Waals surface area contributed by atoms with Crippen molar-refractivity contribution in [1.82, 2.24) is 0 Å². The summed E-state index contributed by atoms with van der Waals surface area (Å²) in [4.78, 5) is 10.6. The van der Waals surface area contributed by atoms with Crippen molar-refractivity contribution in [3.05, 3.63) is 12.2 Å². The molecule has 0 saturated carbocycles. The van der Waals surface area contributed by atoms with E-state index in [1.165, 1.54) is 0 Å². The zero-order chi connectivity index (χ0) is 9.40. The van der Waals surface area contributed by atoms with Crippen LogP contribution < -0.4 is 0 Å². The summed E-state index contributed by atoms with van der Waals surface area (Å²) in [6, 6.07) is 0. The summed E-state index contributed by atoms with van der Waals surface area (Å²) >= 11 is 0. The summed E-state index contributed by atoms with van der Waals surface area (Å²) in [5.41, 5.74) is 0. The molecule has 0 fully saturated rings. The van der Waals surface area contributed by atoms with E-state index in [-0.39, 0.29) is 5.92 Å². The van der Waals surface area contributed by atoms with Crippen LogP contribution in [0.15, 0.2) is 12.2 Å². The van der Waals surface area contributed by atoms with Gasteiger partial charge in [0.1, 0.15) is 0 Å². The Morgan fingerprint density at radius 1 is 1.50 bits per heavy atom. The fraction of sp³-hybridized carbons (Fsp3) is 0.700. The number of unbranched alkanes of at least 4 members (excludes halogenated alkanes) is 2. The van der Waals surface area contributed by atoms with Crippen molar-refractivity contribution in [1.29, 1.82) is 0 Å². The second-order valence-corrected chi connectivity index (χ2v) is 2.97. The fourth-order valence-corrected chi connectivity index (χ4v) is 1.15. The molecule has 0 saturated heterocycles. The number of hydrogen-bond donors (Lipinski definition) is 1. The largest absolute Gasteiger partial charge is 0.481 e. The van der Waals surface area contributed by atoms with Gasteiger partial charge in [0.15, 0.2) is 0 Å². The topological polar surface area (TPSA) is 37.3 Å². The molecular weight excluding hydrogens is 152 g/mol. The van der Waals surface area contributed by atoms with E-state index in [0.29, 0.717) is 0 Å². The second-order valence-electron chi connectivity index (χ2n) is 2.97. The average molecular weight is 170 g/mol. The molecule has 0 aromatic carbocycles. The maximum Gasteiger partial charge on any atom is 0.310 e. The van der Waals surface area contributed by atoms with Gasteiger partial charge in [0.25, 0.3) is 0 Å². The molecule has 0 amide bonds. The van der Waals surface area contributed by atoms with Gasteiger partial charge in [-0.25, -0.2) is 0 Å². The Labute approximate surface area is 74.3 Å². The van der Waals surface area contributed by atoms with Crippen molar-refractivity contribution in [2.24, 2.45) is 5.92 Å². The van der Waals surface area contributed by atoms with Crippen molar-refractivity contribution < 1.29 is 9.90 Å². The molecule has 0 spiro atoms. The lowest BCUT2D eigenvalue weighted by atomic mass is 10.0. The third-order valence-electron chi connectivity index (χ3n) is 1.86. The lowest BCUT2D eigenvalue weighted by Gasteiger charge is -2.05. The Balaban J connectivity index is 3.72. The molecule has 0 rings (SSSR count). The quantitative estimate of drug-likeness (QED) is 0.491. The van der Waals surface area contributed by atoms with E-state index in [2.05, 4.69) is 6.92 Å².